The van der Waals surface area contributed by atoms with Crippen LogP contribution in [0.4, 0.5) is 0 Å². The molecule has 0 aliphatic carbocycles. The summed E-state index contributed by atoms with van der Waals surface area (Å²) in [6, 6.07) is 5.43. The van der Waals surface area contributed by atoms with E-state index in [0.717, 1.165) is 34.8 Å². The Morgan fingerprint density at radius 3 is 2.78 bits per heavy atom. The van der Waals surface area contributed by atoms with Gasteiger partial charge in [0.2, 0.25) is 0 Å². The Balaban J connectivity index is 2.90. The quantitative estimate of drug-likeness (QED) is 0.465. The number of hydrogen-bond donors (Lipinski definition) is 0. The van der Waals surface area contributed by atoms with Crippen molar-refractivity contribution in [1.29, 1.82) is 0 Å². The number of nitrogens with zero attached hydrogens (tertiary/aromatic N) is 1. The van der Waals surface area contributed by atoms with Gasteiger partial charge < -0.3 is 4.90 Å². The van der Waals surface area contributed by atoms with E-state index in [1.165, 1.54) is 0 Å². The van der Waals surface area contributed by atoms with Gasteiger partial charge in [0.25, 0.3) is 5.91 Å². The zero-order valence-corrected chi connectivity index (χ0v) is 14.8. The second-order valence-corrected chi connectivity index (χ2v) is 6.35. The Kier molecular flexibility index (Phi) is 7.56. The van der Waals surface area contributed by atoms with Crippen molar-refractivity contribution >= 4 is 56.0 Å². The number of halogens is 3. The van der Waals surface area contributed by atoms with E-state index in [4.69, 9.17) is 11.6 Å². The highest BCUT2D eigenvalue weighted by Crippen LogP contribution is 2.20. The van der Waals surface area contributed by atoms with Gasteiger partial charge in [-0.15, -0.1) is 0 Å². The van der Waals surface area contributed by atoms with Crippen molar-refractivity contribution in [2.45, 2.75) is 19.8 Å². The van der Waals surface area contributed by atoms with E-state index in [0.29, 0.717) is 10.6 Å². The van der Waals surface area contributed by atoms with Gasteiger partial charge in [-0.2, -0.15) is 0 Å². The minimum Gasteiger partial charge on any atom is -0.338 e. The van der Waals surface area contributed by atoms with Crippen LogP contribution in [-0.2, 0) is 0 Å². The molecule has 1 rings (SSSR count). The van der Waals surface area contributed by atoms with Gasteiger partial charge in [0.15, 0.2) is 0 Å². The van der Waals surface area contributed by atoms with E-state index in [2.05, 4.69) is 45.4 Å². The standard InChI is InChI=1S/C13H16BrClINO/c1-2-3-7-17(8-6-14)13(18)11-9-10(15)4-5-12(11)16/h4-5,9H,2-3,6-8H2,1H3. The lowest BCUT2D eigenvalue weighted by Crippen LogP contribution is -2.34. The molecule has 0 atom stereocenters. The highest BCUT2D eigenvalue weighted by Gasteiger charge is 2.17. The third-order valence-corrected chi connectivity index (χ3v) is 4.11. The third-order valence-electron chi connectivity index (χ3n) is 2.58. The zero-order valence-electron chi connectivity index (χ0n) is 10.3. The summed E-state index contributed by atoms with van der Waals surface area (Å²) in [4.78, 5) is 14.3. The third kappa shape index (κ3) is 4.70. The predicted molar refractivity (Wildman–Crippen MR) is 88.8 cm³/mol. The topological polar surface area (TPSA) is 20.3 Å². The van der Waals surface area contributed by atoms with E-state index >= 15 is 0 Å². The zero-order chi connectivity index (χ0) is 13.5. The van der Waals surface area contributed by atoms with Gasteiger partial charge in [0, 0.05) is 27.0 Å². The Hall–Kier alpha value is 0.190. The average Bonchev–Trinajstić information content (AvgIpc) is 2.36. The molecule has 0 N–H and O–H groups in total. The van der Waals surface area contributed by atoms with Gasteiger partial charge >= 0.3 is 0 Å². The Bertz CT molecular complexity index is 414. The largest absolute Gasteiger partial charge is 0.338 e. The van der Waals surface area contributed by atoms with Crippen LogP contribution in [0.15, 0.2) is 18.2 Å². The van der Waals surface area contributed by atoms with E-state index in [9.17, 15) is 4.79 Å². The highest BCUT2D eigenvalue weighted by molar-refractivity contribution is 14.1. The summed E-state index contributed by atoms with van der Waals surface area (Å²) in [6.45, 7) is 3.64. The molecule has 0 aliphatic heterocycles. The van der Waals surface area contributed by atoms with Crippen molar-refractivity contribution in [3.05, 3.63) is 32.4 Å². The van der Waals surface area contributed by atoms with E-state index in [1.807, 2.05) is 11.0 Å². The lowest BCUT2D eigenvalue weighted by Gasteiger charge is -2.22. The van der Waals surface area contributed by atoms with E-state index in [1.54, 1.807) is 12.1 Å². The predicted octanol–water partition coefficient (Wildman–Crippen LogP) is 4.58. The molecule has 1 amide bonds. The van der Waals surface area contributed by atoms with Crippen molar-refractivity contribution in [3.63, 3.8) is 0 Å². The summed E-state index contributed by atoms with van der Waals surface area (Å²) in [5, 5.41) is 1.40. The average molecular weight is 445 g/mol. The molecule has 0 spiro atoms. The maximum absolute atomic E-state index is 12.5. The monoisotopic (exact) mass is 443 g/mol. The second kappa shape index (κ2) is 8.38. The molecular formula is C13H16BrClINO. The molecule has 1 aromatic rings. The molecule has 2 nitrogen and oxygen atoms in total. The lowest BCUT2D eigenvalue weighted by molar-refractivity contribution is 0.0763. The molecule has 0 saturated heterocycles. The fourth-order valence-electron chi connectivity index (χ4n) is 1.60. The number of carbonyl (C=O) groups is 1. The van der Waals surface area contributed by atoms with Crippen molar-refractivity contribution in [1.82, 2.24) is 4.90 Å². The maximum Gasteiger partial charge on any atom is 0.255 e. The van der Waals surface area contributed by atoms with Crippen LogP contribution in [-0.4, -0.2) is 29.2 Å². The van der Waals surface area contributed by atoms with Crippen molar-refractivity contribution in [2.24, 2.45) is 0 Å². The maximum atomic E-state index is 12.5. The molecule has 0 fully saturated rings. The number of amides is 1. The first-order valence-corrected chi connectivity index (χ1v) is 8.48. The molecule has 0 radical (unpaired) electrons. The number of rotatable bonds is 6. The highest BCUT2D eigenvalue weighted by atomic mass is 127. The normalized spacial score (nSPS) is 10.4. The summed E-state index contributed by atoms with van der Waals surface area (Å²) >= 11 is 11.5. The van der Waals surface area contributed by atoms with Gasteiger partial charge in [-0.05, 0) is 47.2 Å². The molecule has 0 aliphatic rings. The van der Waals surface area contributed by atoms with Crippen LogP contribution in [0.1, 0.15) is 30.1 Å². The summed E-state index contributed by atoms with van der Waals surface area (Å²) < 4.78 is 0.943. The van der Waals surface area contributed by atoms with Gasteiger partial charge in [-0.25, -0.2) is 0 Å². The molecule has 0 aromatic heterocycles. The molecule has 0 heterocycles. The van der Waals surface area contributed by atoms with Crippen LogP contribution in [0.25, 0.3) is 0 Å². The molecule has 0 saturated carbocycles. The minimum absolute atomic E-state index is 0.0646. The molecule has 18 heavy (non-hydrogen) atoms. The van der Waals surface area contributed by atoms with Crippen LogP contribution in [0, 0.1) is 3.57 Å². The number of benzene rings is 1. The number of unbranched alkanes of at least 4 members (excludes halogenated alkanes) is 1. The van der Waals surface area contributed by atoms with Gasteiger partial charge in [0.1, 0.15) is 0 Å². The molecule has 1 aromatic carbocycles. The summed E-state index contributed by atoms with van der Waals surface area (Å²) in [6.07, 6.45) is 2.11. The first kappa shape index (κ1) is 16.2. The SMILES string of the molecule is CCCCN(CCBr)C(=O)c1cc(Cl)ccc1I. The molecule has 5 heteroatoms. The van der Waals surface area contributed by atoms with Crippen molar-refractivity contribution in [3.8, 4) is 0 Å². The second-order valence-electron chi connectivity index (χ2n) is 3.96. The lowest BCUT2D eigenvalue weighted by atomic mass is 10.2. The molecular weight excluding hydrogens is 428 g/mol. The Morgan fingerprint density at radius 2 is 2.17 bits per heavy atom. The number of carbonyl (C=O) groups excluding carboxylic acids is 1. The van der Waals surface area contributed by atoms with Crippen LogP contribution >= 0.6 is 50.1 Å². The van der Waals surface area contributed by atoms with Crippen LogP contribution < -0.4 is 0 Å². The summed E-state index contributed by atoms with van der Waals surface area (Å²) in [7, 11) is 0. The minimum atomic E-state index is 0.0646. The Morgan fingerprint density at radius 1 is 1.44 bits per heavy atom. The van der Waals surface area contributed by atoms with Crippen molar-refractivity contribution < 1.29 is 4.79 Å². The first-order valence-electron chi connectivity index (χ1n) is 5.90. The molecule has 100 valence electrons. The fraction of sp³-hybridized carbons (Fsp3) is 0.462. The number of alkyl halides is 1. The summed E-state index contributed by atoms with van der Waals surface area (Å²) in [5.74, 6) is 0.0646. The van der Waals surface area contributed by atoms with Crippen molar-refractivity contribution in [2.75, 3.05) is 18.4 Å². The smallest absolute Gasteiger partial charge is 0.255 e. The fourth-order valence-corrected chi connectivity index (χ4v) is 2.76. The van der Waals surface area contributed by atoms with Gasteiger partial charge in [-0.3, -0.25) is 4.79 Å². The van der Waals surface area contributed by atoms with Crippen LogP contribution in [0.5, 0.6) is 0 Å². The van der Waals surface area contributed by atoms with Crippen LogP contribution in [0.2, 0.25) is 5.02 Å². The van der Waals surface area contributed by atoms with Crippen LogP contribution in [0.3, 0.4) is 0 Å². The van der Waals surface area contributed by atoms with Gasteiger partial charge in [0.05, 0.1) is 5.56 Å². The summed E-state index contributed by atoms with van der Waals surface area (Å²) in [5.41, 5.74) is 0.695. The van der Waals surface area contributed by atoms with E-state index in [-0.39, 0.29) is 5.91 Å². The Labute approximate surface area is 135 Å². The van der Waals surface area contributed by atoms with E-state index < -0.39 is 0 Å². The first-order chi connectivity index (χ1) is 8.60. The molecule has 0 bridgehead atoms. The van der Waals surface area contributed by atoms with Gasteiger partial charge in [-0.1, -0.05) is 40.9 Å². The molecule has 0 unspecified atom stereocenters. The number of hydrogen-bond acceptors (Lipinski definition) is 1.